The Morgan fingerprint density at radius 1 is 0.879 bits per heavy atom. The molecule has 4 rings (SSSR count). The molecule has 0 spiro atoms. The normalized spacial score (nSPS) is 14.4. The van der Waals surface area contributed by atoms with Crippen LogP contribution in [0.3, 0.4) is 0 Å². The first-order valence-electron chi connectivity index (χ1n) is 11.5. The van der Waals surface area contributed by atoms with E-state index in [2.05, 4.69) is 15.9 Å². The van der Waals surface area contributed by atoms with E-state index in [1.165, 1.54) is 4.57 Å². The van der Waals surface area contributed by atoms with Crippen LogP contribution in [0.15, 0.2) is 70.4 Å². The van der Waals surface area contributed by atoms with Gasteiger partial charge in [-0.3, -0.25) is 14.3 Å². The Kier molecular flexibility index (Phi) is 7.29. The Balaban J connectivity index is 1.35. The minimum atomic E-state index is -0.240. The van der Waals surface area contributed by atoms with Gasteiger partial charge in [0.05, 0.1) is 19.3 Å². The van der Waals surface area contributed by atoms with Gasteiger partial charge in [-0.15, -0.1) is 0 Å². The van der Waals surface area contributed by atoms with Gasteiger partial charge < -0.3 is 14.2 Å². The van der Waals surface area contributed by atoms with Crippen molar-refractivity contribution in [2.75, 3.05) is 44.7 Å². The molecule has 7 heteroatoms. The number of ether oxygens (including phenoxy) is 1. The SMILES string of the molecule is COc1ccccc1N1CCN(CCCn2cc(C)c(=O)n(Cc3ccccc3)c2=O)CC1. The highest BCUT2D eigenvalue weighted by molar-refractivity contribution is 5.58. The van der Waals surface area contributed by atoms with Crippen LogP contribution in [0.25, 0.3) is 0 Å². The summed E-state index contributed by atoms with van der Waals surface area (Å²) in [4.78, 5) is 30.4. The maximum Gasteiger partial charge on any atom is 0.331 e. The van der Waals surface area contributed by atoms with Crippen molar-refractivity contribution in [2.45, 2.75) is 26.4 Å². The average Bonchev–Trinajstić information content (AvgIpc) is 2.86. The van der Waals surface area contributed by atoms with Crippen LogP contribution in [0.5, 0.6) is 5.75 Å². The molecule has 1 saturated heterocycles. The number of anilines is 1. The largest absolute Gasteiger partial charge is 0.495 e. The molecule has 0 N–H and O–H groups in total. The first kappa shape index (κ1) is 22.9. The van der Waals surface area contributed by atoms with Crippen molar-refractivity contribution in [1.29, 1.82) is 0 Å². The zero-order chi connectivity index (χ0) is 23.2. The van der Waals surface area contributed by atoms with E-state index < -0.39 is 0 Å². The molecule has 7 nitrogen and oxygen atoms in total. The lowest BCUT2D eigenvalue weighted by atomic mass is 10.2. The summed E-state index contributed by atoms with van der Waals surface area (Å²) in [6.07, 6.45) is 2.56. The van der Waals surface area contributed by atoms with Gasteiger partial charge in [-0.25, -0.2) is 4.79 Å². The van der Waals surface area contributed by atoms with E-state index >= 15 is 0 Å². The van der Waals surface area contributed by atoms with Crippen molar-refractivity contribution >= 4 is 5.69 Å². The summed E-state index contributed by atoms with van der Waals surface area (Å²) in [5.74, 6) is 0.909. The lowest BCUT2D eigenvalue weighted by Gasteiger charge is -2.36. The number of hydrogen-bond acceptors (Lipinski definition) is 5. The van der Waals surface area contributed by atoms with E-state index in [1.807, 2.05) is 48.5 Å². The molecule has 0 amide bonds. The molecular weight excluding hydrogens is 416 g/mol. The van der Waals surface area contributed by atoms with Gasteiger partial charge in [-0.1, -0.05) is 42.5 Å². The summed E-state index contributed by atoms with van der Waals surface area (Å²) in [7, 11) is 1.71. The predicted molar refractivity (Wildman–Crippen MR) is 132 cm³/mol. The Morgan fingerprint density at radius 2 is 1.58 bits per heavy atom. The monoisotopic (exact) mass is 448 g/mol. The number of aryl methyl sites for hydroxylation is 2. The molecule has 1 aliphatic rings. The van der Waals surface area contributed by atoms with Crippen molar-refractivity contribution in [3.63, 3.8) is 0 Å². The molecule has 2 heterocycles. The summed E-state index contributed by atoms with van der Waals surface area (Å²) in [6.45, 7) is 7.42. The van der Waals surface area contributed by atoms with Gasteiger partial charge in [-0.05, 0) is 37.6 Å². The van der Waals surface area contributed by atoms with Crippen molar-refractivity contribution in [3.05, 3.63) is 92.8 Å². The van der Waals surface area contributed by atoms with Crippen molar-refractivity contribution < 1.29 is 4.74 Å². The molecule has 1 aromatic heterocycles. The number of aromatic nitrogens is 2. The van der Waals surface area contributed by atoms with Gasteiger partial charge in [-0.2, -0.15) is 0 Å². The zero-order valence-corrected chi connectivity index (χ0v) is 19.4. The smallest absolute Gasteiger partial charge is 0.331 e. The first-order valence-corrected chi connectivity index (χ1v) is 11.5. The summed E-state index contributed by atoms with van der Waals surface area (Å²) in [5, 5.41) is 0. The average molecular weight is 449 g/mol. The van der Waals surface area contributed by atoms with E-state index in [0.717, 1.165) is 56.1 Å². The standard InChI is InChI=1S/C26H32N4O3/c1-21-19-29(26(32)30(25(21)31)20-22-9-4-3-5-10-22)14-8-13-27-15-17-28(18-16-27)23-11-6-7-12-24(23)33-2/h3-7,9-12,19H,8,13-18,20H2,1-2H3. The van der Waals surface area contributed by atoms with Crippen LogP contribution in [-0.4, -0.2) is 53.9 Å². The third-order valence-corrected chi connectivity index (χ3v) is 6.26. The number of hydrogen-bond donors (Lipinski definition) is 0. The molecule has 1 fully saturated rings. The van der Waals surface area contributed by atoms with E-state index in [1.54, 1.807) is 24.8 Å². The Labute approximate surface area is 194 Å². The number of methoxy groups -OCH3 is 1. The summed E-state index contributed by atoms with van der Waals surface area (Å²) < 4.78 is 8.53. The van der Waals surface area contributed by atoms with Gasteiger partial charge in [0, 0.05) is 44.5 Å². The molecule has 0 atom stereocenters. The van der Waals surface area contributed by atoms with Gasteiger partial charge in [0.1, 0.15) is 5.75 Å². The van der Waals surface area contributed by atoms with Crippen LogP contribution >= 0.6 is 0 Å². The maximum atomic E-state index is 13.0. The first-order chi connectivity index (χ1) is 16.1. The fourth-order valence-corrected chi connectivity index (χ4v) is 4.43. The third-order valence-electron chi connectivity index (χ3n) is 6.26. The summed E-state index contributed by atoms with van der Waals surface area (Å²) >= 11 is 0. The molecule has 1 aliphatic heterocycles. The van der Waals surface area contributed by atoms with Crippen molar-refractivity contribution in [2.24, 2.45) is 0 Å². The van der Waals surface area contributed by atoms with Crippen molar-refractivity contribution in [3.8, 4) is 5.75 Å². The maximum absolute atomic E-state index is 13.0. The molecule has 0 unspecified atom stereocenters. The predicted octanol–water partition coefficient (Wildman–Crippen LogP) is 2.59. The molecule has 0 aliphatic carbocycles. The van der Waals surface area contributed by atoms with E-state index in [9.17, 15) is 9.59 Å². The van der Waals surface area contributed by atoms with Crippen LogP contribution in [0.2, 0.25) is 0 Å². The van der Waals surface area contributed by atoms with E-state index in [-0.39, 0.29) is 11.2 Å². The second kappa shape index (κ2) is 10.5. The molecule has 0 radical (unpaired) electrons. The fourth-order valence-electron chi connectivity index (χ4n) is 4.43. The van der Waals surface area contributed by atoms with Crippen LogP contribution in [0.1, 0.15) is 17.5 Å². The van der Waals surface area contributed by atoms with E-state index in [0.29, 0.717) is 18.7 Å². The number of para-hydroxylation sites is 2. The van der Waals surface area contributed by atoms with Gasteiger partial charge in [0.2, 0.25) is 0 Å². The van der Waals surface area contributed by atoms with Crippen LogP contribution in [-0.2, 0) is 13.1 Å². The van der Waals surface area contributed by atoms with Crippen LogP contribution in [0.4, 0.5) is 5.69 Å². The van der Waals surface area contributed by atoms with Gasteiger partial charge >= 0.3 is 5.69 Å². The Bertz CT molecular complexity index is 1180. The molecule has 0 saturated carbocycles. The molecule has 2 aromatic carbocycles. The van der Waals surface area contributed by atoms with Crippen LogP contribution < -0.4 is 20.9 Å². The number of rotatable bonds is 8. The Hall–Kier alpha value is -3.32. The molecule has 0 bridgehead atoms. The zero-order valence-electron chi connectivity index (χ0n) is 19.4. The summed E-state index contributed by atoms with van der Waals surface area (Å²) in [5.41, 5.74) is 2.23. The molecular formula is C26H32N4O3. The summed E-state index contributed by atoms with van der Waals surface area (Å²) in [6, 6.07) is 17.8. The topological polar surface area (TPSA) is 59.7 Å². The third kappa shape index (κ3) is 5.37. The molecule has 33 heavy (non-hydrogen) atoms. The highest BCUT2D eigenvalue weighted by Gasteiger charge is 2.19. The quantitative estimate of drug-likeness (QED) is 0.530. The second-order valence-corrected chi connectivity index (χ2v) is 8.52. The fraction of sp³-hybridized carbons (Fsp3) is 0.385. The van der Waals surface area contributed by atoms with Crippen molar-refractivity contribution in [1.82, 2.24) is 14.0 Å². The van der Waals surface area contributed by atoms with Gasteiger partial charge in [0.25, 0.3) is 5.56 Å². The number of nitrogens with zero attached hydrogens (tertiary/aromatic N) is 4. The Morgan fingerprint density at radius 3 is 2.30 bits per heavy atom. The van der Waals surface area contributed by atoms with E-state index in [4.69, 9.17) is 4.74 Å². The number of piperazine rings is 1. The lowest BCUT2D eigenvalue weighted by Crippen LogP contribution is -2.47. The minimum absolute atomic E-state index is 0.215. The lowest BCUT2D eigenvalue weighted by molar-refractivity contribution is 0.249. The second-order valence-electron chi connectivity index (χ2n) is 8.52. The molecule has 3 aromatic rings. The molecule has 174 valence electrons. The van der Waals surface area contributed by atoms with Gasteiger partial charge in [0.15, 0.2) is 0 Å². The van der Waals surface area contributed by atoms with Crippen LogP contribution in [0, 0.1) is 6.92 Å². The highest BCUT2D eigenvalue weighted by atomic mass is 16.5. The minimum Gasteiger partial charge on any atom is -0.495 e. The highest BCUT2D eigenvalue weighted by Crippen LogP contribution is 2.28. The number of benzene rings is 2.